The summed E-state index contributed by atoms with van der Waals surface area (Å²) < 4.78 is 49.4. The molecule has 2 aromatic carbocycles. The maximum absolute atomic E-state index is 12.8. The molecule has 1 aromatic heterocycles. The van der Waals surface area contributed by atoms with Gasteiger partial charge in [0.2, 0.25) is 0 Å². The van der Waals surface area contributed by atoms with Crippen LogP contribution in [0.3, 0.4) is 0 Å². The van der Waals surface area contributed by atoms with Gasteiger partial charge in [0.25, 0.3) is 10.1 Å². The van der Waals surface area contributed by atoms with Crippen molar-refractivity contribution in [3.63, 3.8) is 0 Å². The molecular weight excluding hydrogens is 544 g/mol. The van der Waals surface area contributed by atoms with E-state index in [2.05, 4.69) is 28.9 Å². The molecule has 0 radical (unpaired) electrons. The third-order valence-corrected chi connectivity index (χ3v) is 9.98. The van der Waals surface area contributed by atoms with Gasteiger partial charge in [-0.1, -0.05) is 17.7 Å². The minimum atomic E-state index is -3.90. The molecule has 11 heteroatoms. The molecule has 1 unspecified atom stereocenters. The summed E-state index contributed by atoms with van der Waals surface area (Å²) >= 11 is 0. The van der Waals surface area contributed by atoms with Crippen LogP contribution in [0.15, 0.2) is 65.5 Å². The molecule has 5 heterocycles. The van der Waals surface area contributed by atoms with Crippen LogP contribution < -0.4 is 15.7 Å². The van der Waals surface area contributed by atoms with E-state index >= 15 is 0 Å². The zero-order valence-electron chi connectivity index (χ0n) is 23.3. The first-order chi connectivity index (χ1) is 19.6. The lowest BCUT2D eigenvalue weighted by molar-refractivity contribution is -0.0255. The van der Waals surface area contributed by atoms with Gasteiger partial charge >= 0.3 is 0 Å². The van der Waals surface area contributed by atoms with Crippen LogP contribution in [0.4, 0.5) is 0 Å². The van der Waals surface area contributed by atoms with Gasteiger partial charge in [-0.3, -0.25) is 14.2 Å². The Balaban J connectivity index is 1.06. The first kappa shape index (κ1) is 26.7. The molecule has 41 heavy (non-hydrogen) atoms. The average Bonchev–Trinajstić information content (AvgIpc) is 3.63. The van der Waals surface area contributed by atoms with Crippen molar-refractivity contribution in [1.82, 2.24) is 21.0 Å². The van der Waals surface area contributed by atoms with E-state index < -0.39 is 21.8 Å². The van der Waals surface area contributed by atoms with E-state index in [4.69, 9.17) is 18.4 Å². The summed E-state index contributed by atoms with van der Waals surface area (Å²) in [5.41, 5.74) is 10.9. The number of aromatic nitrogens is 1. The molecule has 2 bridgehead atoms. The molecule has 0 spiro atoms. The van der Waals surface area contributed by atoms with Crippen LogP contribution in [0.2, 0.25) is 0 Å². The van der Waals surface area contributed by atoms with Gasteiger partial charge in [0, 0.05) is 30.6 Å². The van der Waals surface area contributed by atoms with Crippen LogP contribution in [0, 0.1) is 6.92 Å². The van der Waals surface area contributed by atoms with Crippen molar-refractivity contribution < 1.29 is 26.8 Å². The Morgan fingerprint density at radius 2 is 2.00 bits per heavy atom. The van der Waals surface area contributed by atoms with E-state index in [1.165, 1.54) is 5.56 Å². The predicted molar refractivity (Wildman–Crippen MR) is 151 cm³/mol. The summed E-state index contributed by atoms with van der Waals surface area (Å²) in [6.45, 7) is 7.18. The number of hydrogen-bond donors (Lipinski definition) is 2. The Kier molecular flexibility index (Phi) is 6.29. The van der Waals surface area contributed by atoms with Gasteiger partial charge in [-0.05, 0) is 68.7 Å². The second-order valence-corrected chi connectivity index (χ2v) is 13.4. The maximum Gasteiger partial charge on any atom is 0.297 e. The largest absolute Gasteiger partial charge is 0.484 e. The molecule has 3 fully saturated rings. The van der Waals surface area contributed by atoms with Gasteiger partial charge in [0.05, 0.1) is 47.1 Å². The summed E-state index contributed by atoms with van der Waals surface area (Å²) in [5, 5.41) is 3.09. The van der Waals surface area contributed by atoms with Crippen molar-refractivity contribution in [2.45, 2.75) is 74.9 Å². The van der Waals surface area contributed by atoms with Gasteiger partial charge in [0.1, 0.15) is 18.0 Å². The highest BCUT2D eigenvalue weighted by atomic mass is 32.2. The minimum Gasteiger partial charge on any atom is -0.484 e. The molecule has 3 aromatic rings. The Hall–Kier alpha value is -3.22. The van der Waals surface area contributed by atoms with E-state index in [0.29, 0.717) is 13.2 Å². The molecular formula is C30H34N4O6S. The highest BCUT2D eigenvalue weighted by molar-refractivity contribution is 7.86. The van der Waals surface area contributed by atoms with E-state index in [1.807, 2.05) is 43.4 Å². The van der Waals surface area contributed by atoms with Crippen molar-refractivity contribution in [2.75, 3.05) is 13.2 Å². The molecule has 216 valence electrons. The van der Waals surface area contributed by atoms with Crippen LogP contribution in [0.5, 0.6) is 5.75 Å². The Bertz CT molecular complexity index is 1630. The number of fused-ring (bicyclic) bond motifs is 4. The summed E-state index contributed by atoms with van der Waals surface area (Å²) in [6, 6.07) is 12.6. The van der Waals surface area contributed by atoms with Gasteiger partial charge in [-0.25, -0.2) is 0 Å². The first-order valence-corrected chi connectivity index (χ1v) is 15.4. The molecule has 2 saturated heterocycles. The van der Waals surface area contributed by atoms with Crippen molar-refractivity contribution in [2.24, 2.45) is 0 Å². The lowest BCUT2D eigenvalue weighted by atomic mass is 9.66. The van der Waals surface area contributed by atoms with Crippen LogP contribution in [0.1, 0.15) is 43.4 Å². The number of benzene rings is 2. The molecule has 1 aliphatic carbocycles. The van der Waals surface area contributed by atoms with Gasteiger partial charge < -0.3 is 19.6 Å². The molecule has 4 aliphatic heterocycles. The lowest BCUT2D eigenvalue weighted by Crippen LogP contribution is -2.64. The zero-order valence-corrected chi connectivity index (χ0v) is 24.2. The predicted octanol–water partition coefficient (Wildman–Crippen LogP) is 3.65. The fourth-order valence-electron chi connectivity index (χ4n) is 6.61. The zero-order chi connectivity index (χ0) is 28.4. The van der Waals surface area contributed by atoms with Gasteiger partial charge in [-0.2, -0.15) is 8.42 Å². The van der Waals surface area contributed by atoms with Crippen molar-refractivity contribution in [3.05, 3.63) is 77.2 Å². The summed E-state index contributed by atoms with van der Waals surface area (Å²) in [5.74, 6) is 0.763. The molecule has 0 amide bonds. The monoisotopic (exact) mass is 578 g/mol. The fourth-order valence-corrected chi connectivity index (χ4v) is 7.51. The topological polar surface area (TPSA) is 111 Å². The molecule has 2 atom stereocenters. The number of nitrogens with one attached hydrogen (secondary N) is 2. The number of ether oxygens (including phenoxy) is 3. The number of nitrogens with zero attached hydrogens (tertiary/aromatic N) is 2. The molecule has 5 aliphatic rings. The maximum atomic E-state index is 12.8. The highest BCUT2D eigenvalue weighted by Gasteiger charge is 2.69. The van der Waals surface area contributed by atoms with Gasteiger partial charge in [0.15, 0.2) is 0 Å². The van der Waals surface area contributed by atoms with E-state index in [9.17, 15) is 8.42 Å². The van der Waals surface area contributed by atoms with Crippen LogP contribution >= 0.6 is 0 Å². The van der Waals surface area contributed by atoms with Crippen molar-refractivity contribution in [3.8, 4) is 5.75 Å². The normalized spacial score (nSPS) is 27.6. The molecule has 10 nitrogen and oxygen atoms in total. The van der Waals surface area contributed by atoms with E-state index in [-0.39, 0.29) is 23.2 Å². The first-order valence-electron chi connectivity index (χ1n) is 14.0. The second kappa shape index (κ2) is 9.67. The SMILES string of the molecule is Cc1ccc(S(=O)(=O)OCC2OC3(C)CC2(N2C=C([C@@H](C)Oc4ccc5ncc6c(c5c4)CCOC6)NN2)C3)cc1. The van der Waals surface area contributed by atoms with Crippen LogP contribution in [0.25, 0.3) is 10.9 Å². The number of rotatable bonds is 8. The quantitative estimate of drug-likeness (QED) is 0.384. The van der Waals surface area contributed by atoms with E-state index in [0.717, 1.165) is 52.7 Å². The summed E-state index contributed by atoms with van der Waals surface area (Å²) in [6.07, 6.45) is 5.54. The Morgan fingerprint density at radius 3 is 2.80 bits per heavy atom. The second-order valence-electron chi connectivity index (χ2n) is 11.8. The highest BCUT2D eigenvalue weighted by Crippen LogP contribution is 2.58. The number of hydrazine groups is 2. The third-order valence-electron chi connectivity index (χ3n) is 8.68. The standard InChI is InChI=1S/C30H34N4O6S/c1-19-4-7-23(8-5-19)41(35,36)38-16-28-30(17-29(3,18-30)40-28)34-14-27(32-33-34)20(2)39-22-6-9-26-25(12-22)24-10-11-37-15-21(24)13-31-26/h4-9,12-14,20,28,32-33H,10-11,15-18H2,1-3H3/t20-,28?,29?,30?/m1/s1. The van der Waals surface area contributed by atoms with Crippen LogP contribution in [-0.2, 0) is 36.8 Å². The molecule has 2 N–H and O–H groups in total. The molecule has 1 saturated carbocycles. The Morgan fingerprint density at radius 1 is 1.20 bits per heavy atom. The average molecular weight is 579 g/mol. The number of pyridine rings is 1. The van der Waals surface area contributed by atoms with Crippen LogP contribution in [-0.4, -0.2) is 55.0 Å². The smallest absolute Gasteiger partial charge is 0.297 e. The van der Waals surface area contributed by atoms with Crippen molar-refractivity contribution in [1.29, 1.82) is 0 Å². The fraction of sp³-hybridized carbons (Fsp3) is 0.433. The number of aryl methyl sites for hydroxylation is 1. The van der Waals surface area contributed by atoms with Gasteiger partial charge in [-0.15, -0.1) is 5.53 Å². The minimum absolute atomic E-state index is 0.0697. The number of hydrogen-bond acceptors (Lipinski definition) is 10. The van der Waals surface area contributed by atoms with Crippen molar-refractivity contribution >= 4 is 21.0 Å². The summed E-state index contributed by atoms with van der Waals surface area (Å²) in [7, 11) is -3.90. The lowest BCUT2D eigenvalue weighted by Gasteiger charge is -2.48. The summed E-state index contributed by atoms with van der Waals surface area (Å²) in [4.78, 5) is 4.73. The Labute approximate surface area is 239 Å². The molecule has 8 rings (SSSR count). The third kappa shape index (κ3) is 4.65. The van der Waals surface area contributed by atoms with E-state index in [1.54, 1.807) is 24.3 Å².